The monoisotopic (exact) mass is 298 g/mol. The molecule has 0 spiro atoms. The third-order valence-electron chi connectivity index (χ3n) is 3.27. The first-order valence-electron chi connectivity index (χ1n) is 7.46. The van der Waals surface area contributed by atoms with E-state index in [2.05, 4.69) is 10.6 Å². The number of amides is 1. The molecule has 4 heteroatoms. The number of hydrogen-bond donors (Lipinski definition) is 2. The van der Waals surface area contributed by atoms with Gasteiger partial charge in [0.1, 0.15) is 11.8 Å². The van der Waals surface area contributed by atoms with Crippen LogP contribution in [-0.4, -0.2) is 18.6 Å². The zero-order valence-corrected chi connectivity index (χ0v) is 13.2. The Bertz CT molecular complexity index is 623. The summed E-state index contributed by atoms with van der Waals surface area (Å²) >= 11 is 0. The van der Waals surface area contributed by atoms with E-state index in [1.807, 2.05) is 69.3 Å². The van der Waals surface area contributed by atoms with E-state index in [0.29, 0.717) is 18.0 Å². The lowest BCUT2D eigenvalue weighted by Gasteiger charge is -2.17. The average Bonchev–Trinajstić information content (AvgIpc) is 2.51. The highest BCUT2D eigenvalue weighted by Crippen LogP contribution is 2.24. The molecule has 0 heterocycles. The van der Waals surface area contributed by atoms with Crippen LogP contribution in [0.5, 0.6) is 5.75 Å². The Morgan fingerprint density at radius 2 is 1.82 bits per heavy atom. The van der Waals surface area contributed by atoms with Gasteiger partial charge in [-0.15, -0.1) is 0 Å². The van der Waals surface area contributed by atoms with Gasteiger partial charge in [0.25, 0.3) is 0 Å². The molecular formula is C18H22N2O2. The van der Waals surface area contributed by atoms with Gasteiger partial charge in [0.05, 0.1) is 12.3 Å². The van der Waals surface area contributed by atoms with Crippen LogP contribution in [0.2, 0.25) is 0 Å². The van der Waals surface area contributed by atoms with Crippen LogP contribution < -0.4 is 15.4 Å². The molecule has 22 heavy (non-hydrogen) atoms. The number of carbonyl (C=O) groups is 1. The van der Waals surface area contributed by atoms with Crippen molar-refractivity contribution in [3.63, 3.8) is 0 Å². The lowest BCUT2D eigenvalue weighted by molar-refractivity contribution is -0.116. The molecule has 0 bridgehead atoms. The van der Waals surface area contributed by atoms with E-state index in [4.69, 9.17) is 4.74 Å². The summed E-state index contributed by atoms with van der Waals surface area (Å²) in [4.78, 5) is 12.3. The molecule has 0 aliphatic rings. The third-order valence-corrected chi connectivity index (χ3v) is 3.27. The van der Waals surface area contributed by atoms with Crippen molar-refractivity contribution in [2.24, 2.45) is 0 Å². The molecule has 2 aromatic carbocycles. The predicted molar refractivity (Wildman–Crippen MR) is 90.5 cm³/mol. The molecule has 2 rings (SSSR count). The normalized spacial score (nSPS) is 11.6. The largest absolute Gasteiger partial charge is 0.492 e. The SMILES string of the molecule is CCOc1ccccc1NC(=O)C(C)Nc1ccc(C)cc1. The fourth-order valence-corrected chi connectivity index (χ4v) is 2.06. The quantitative estimate of drug-likeness (QED) is 0.852. The first-order valence-corrected chi connectivity index (χ1v) is 7.46. The average molecular weight is 298 g/mol. The maximum atomic E-state index is 12.3. The highest BCUT2D eigenvalue weighted by atomic mass is 16.5. The summed E-state index contributed by atoms with van der Waals surface area (Å²) in [5.74, 6) is 0.577. The van der Waals surface area contributed by atoms with Crippen molar-refractivity contribution in [2.45, 2.75) is 26.8 Å². The summed E-state index contributed by atoms with van der Waals surface area (Å²) in [5.41, 5.74) is 2.80. The first-order chi connectivity index (χ1) is 10.6. The Kier molecular flexibility index (Phi) is 5.42. The second kappa shape index (κ2) is 7.50. The summed E-state index contributed by atoms with van der Waals surface area (Å²) < 4.78 is 5.51. The van der Waals surface area contributed by atoms with Crippen LogP contribution >= 0.6 is 0 Å². The van der Waals surface area contributed by atoms with Crippen molar-refractivity contribution in [3.8, 4) is 5.75 Å². The van der Waals surface area contributed by atoms with Crippen LogP contribution in [0, 0.1) is 6.92 Å². The Hall–Kier alpha value is -2.49. The number of rotatable bonds is 6. The molecule has 0 saturated heterocycles. The van der Waals surface area contributed by atoms with Crippen LogP contribution in [0.4, 0.5) is 11.4 Å². The molecule has 1 unspecified atom stereocenters. The zero-order valence-electron chi connectivity index (χ0n) is 13.2. The highest BCUT2D eigenvalue weighted by Gasteiger charge is 2.14. The Morgan fingerprint density at radius 1 is 1.14 bits per heavy atom. The predicted octanol–water partition coefficient (Wildman–Crippen LogP) is 3.83. The van der Waals surface area contributed by atoms with Gasteiger partial charge in [-0.25, -0.2) is 0 Å². The van der Waals surface area contributed by atoms with E-state index >= 15 is 0 Å². The van der Waals surface area contributed by atoms with Gasteiger partial charge in [-0.2, -0.15) is 0 Å². The molecule has 2 aromatic rings. The number of benzene rings is 2. The molecule has 0 saturated carbocycles. The molecule has 0 fully saturated rings. The lowest BCUT2D eigenvalue weighted by atomic mass is 10.2. The van der Waals surface area contributed by atoms with Crippen LogP contribution in [0.15, 0.2) is 48.5 Å². The number of nitrogens with one attached hydrogen (secondary N) is 2. The smallest absolute Gasteiger partial charge is 0.246 e. The van der Waals surface area contributed by atoms with Crippen molar-refractivity contribution in [1.29, 1.82) is 0 Å². The Morgan fingerprint density at radius 3 is 2.50 bits per heavy atom. The highest BCUT2D eigenvalue weighted by molar-refractivity contribution is 5.97. The van der Waals surface area contributed by atoms with Crippen LogP contribution in [-0.2, 0) is 4.79 Å². The number of hydrogen-bond acceptors (Lipinski definition) is 3. The van der Waals surface area contributed by atoms with Gasteiger partial charge in [0.15, 0.2) is 0 Å². The zero-order chi connectivity index (χ0) is 15.9. The van der Waals surface area contributed by atoms with Gasteiger partial charge in [0.2, 0.25) is 5.91 Å². The molecule has 0 aliphatic heterocycles. The van der Waals surface area contributed by atoms with Crippen molar-refractivity contribution >= 4 is 17.3 Å². The summed E-state index contributed by atoms with van der Waals surface area (Å²) in [7, 11) is 0. The Labute approximate surface area is 131 Å². The van der Waals surface area contributed by atoms with Gasteiger partial charge >= 0.3 is 0 Å². The van der Waals surface area contributed by atoms with Gasteiger partial charge in [0, 0.05) is 5.69 Å². The van der Waals surface area contributed by atoms with E-state index in [-0.39, 0.29) is 11.9 Å². The van der Waals surface area contributed by atoms with Crippen LogP contribution in [0.1, 0.15) is 19.4 Å². The molecule has 0 aliphatic carbocycles. The van der Waals surface area contributed by atoms with Crippen molar-refractivity contribution in [2.75, 3.05) is 17.2 Å². The second-order valence-corrected chi connectivity index (χ2v) is 5.15. The van der Waals surface area contributed by atoms with E-state index in [0.717, 1.165) is 5.69 Å². The summed E-state index contributed by atoms with van der Waals surface area (Å²) in [6, 6.07) is 15.0. The van der Waals surface area contributed by atoms with E-state index < -0.39 is 0 Å². The van der Waals surface area contributed by atoms with Crippen molar-refractivity contribution in [3.05, 3.63) is 54.1 Å². The second-order valence-electron chi connectivity index (χ2n) is 5.15. The lowest BCUT2D eigenvalue weighted by Crippen LogP contribution is -2.32. The minimum atomic E-state index is -0.350. The van der Waals surface area contributed by atoms with E-state index in [9.17, 15) is 4.79 Å². The van der Waals surface area contributed by atoms with Crippen LogP contribution in [0.3, 0.4) is 0 Å². The maximum Gasteiger partial charge on any atom is 0.246 e. The number of carbonyl (C=O) groups excluding carboxylic acids is 1. The standard InChI is InChI=1S/C18H22N2O2/c1-4-22-17-8-6-5-7-16(17)20-18(21)14(3)19-15-11-9-13(2)10-12-15/h5-12,14,19H,4H2,1-3H3,(H,20,21). The first kappa shape index (κ1) is 15.9. The summed E-state index contributed by atoms with van der Waals surface area (Å²) in [5, 5.41) is 6.09. The number of aryl methyl sites for hydroxylation is 1. The molecular weight excluding hydrogens is 276 g/mol. The van der Waals surface area contributed by atoms with Gasteiger partial charge in [-0.3, -0.25) is 4.79 Å². The number of ether oxygens (including phenoxy) is 1. The number of para-hydroxylation sites is 2. The topological polar surface area (TPSA) is 50.4 Å². The molecule has 0 radical (unpaired) electrons. The molecule has 4 nitrogen and oxygen atoms in total. The fourth-order valence-electron chi connectivity index (χ4n) is 2.06. The molecule has 2 N–H and O–H groups in total. The van der Waals surface area contributed by atoms with Crippen molar-refractivity contribution in [1.82, 2.24) is 0 Å². The maximum absolute atomic E-state index is 12.3. The Balaban J connectivity index is 2.01. The van der Waals surface area contributed by atoms with Crippen LogP contribution in [0.25, 0.3) is 0 Å². The number of anilines is 2. The van der Waals surface area contributed by atoms with Gasteiger partial charge < -0.3 is 15.4 Å². The fraction of sp³-hybridized carbons (Fsp3) is 0.278. The van der Waals surface area contributed by atoms with Gasteiger partial charge in [-0.05, 0) is 45.0 Å². The molecule has 116 valence electrons. The van der Waals surface area contributed by atoms with Crippen molar-refractivity contribution < 1.29 is 9.53 Å². The molecule has 1 amide bonds. The molecule has 0 aromatic heterocycles. The third kappa shape index (κ3) is 4.25. The minimum Gasteiger partial charge on any atom is -0.492 e. The molecule has 1 atom stereocenters. The van der Waals surface area contributed by atoms with E-state index in [1.165, 1.54) is 5.56 Å². The minimum absolute atomic E-state index is 0.104. The summed E-state index contributed by atoms with van der Waals surface area (Å²) in [6.45, 7) is 6.34. The van der Waals surface area contributed by atoms with Gasteiger partial charge in [-0.1, -0.05) is 29.8 Å². The van der Waals surface area contributed by atoms with E-state index in [1.54, 1.807) is 0 Å². The summed E-state index contributed by atoms with van der Waals surface area (Å²) in [6.07, 6.45) is 0.